The Bertz CT molecular complexity index is 808. The molecule has 28 heavy (non-hydrogen) atoms. The lowest BCUT2D eigenvalue weighted by atomic mass is 9.96. The number of piperidine rings is 1. The van der Waals surface area contributed by atoms with Crippen LogP contribution < -0.4 is 14.8 Å². The zero-order valence-corrected chi connectivity index (χ0v) is 17.3. The van der Waals surface area contributed by atoms with E-state index in [2.05, 4.69) is 10.2 Å². The van der Waals surface area contributed by atoms with Gasteiger partial charge < -0.3 is 14.8 Å². The summed E-state index contributed by atoms with van der Waals surface area (Å²) in [6.45, 7) is 3.06. The summed E-state index contributed by atoms with van der Waals surface area (Å²) in [4.78, 5) is 14.9. The van der Waals surface area contributed by atoms with Gasteiger partial charge in [-0.2, -0.15) is 0 Å². The minimum Gasteiger partial charge on any atom is -0.495 e. The van der Waals surface area contributed by atoms with Crippen molar-refractivity contribution in [2.75, 3.05) is 38.7 Å². The van der Waals surface area contributed by atoms with Gasteiger partial charge in [0.25, 0.3) is 0 Å². The highest BCUT2D eigenvalue weighted by molar-refractivity contribution is 6.35. The smallest absolute Gasteiger partial charge is 0.227 e. The van der Waals surface area contributed by atoms with Crippen molar-refractivity contribution in [3.8, 4) is 11.5 Å². The van der Waals surface area contributed by atoms with Gasteiger partial charge >= 0.3 is 0 Å². The van der Waals surface area contributed by atoms with E-state index < -0.39 is 0 Å². The van der Waals surface area contributed by atoms with Gasteiger partial charge in [-0.15, -0.1) is 0 Å². The van der Waals surface area contributed by atoms with Crippen LogP contribution in [0.15, 0.2) is 42.5 Å². The molecule has 1 amide bonds. The summed E-state index contributed by atoms with van der Waals surface area (Å²) in [5.74, 6) is 1.37. The molecule has 0 bridgehead atoms. The van der Waals surface area contributed by atoms with Crippen LogP contribution in [-0.4, -0.2) is 44.2 Å². The molecule has 1 fully saturated rings. The maximum atomic E-state index is 12.6. The van der Waals surface area contributed by atoms with Crippen LogP contribution in [0, 0.1) is 5.92 Å². The van der Waals surface area contributed by atoms with E-state index in [1.54, 1.807) is 25.3 Å². The molecule has 150 valence electrons. The number of benzene rings is 2. The molecule has 1 aliphatic heterocycles. The SMILES string of the molecule is COc1ccccc1NC(=O)C1CCN(CCOc2ccc(Cl)cc2Cl)CC1. The van der Waals surface area contributed by atoms with Gasteiger partial charge in [0.2, 0.25) is 5.91 Å². The Hall–Kier alpha value is -1.95. The minimum atomic E-state index is 0.00721. The van der Waals surface area contributed by atoms with Crippen molar-refractivity contribution in [2.45, 2.75) is 12.8 Å². The maximum absolute atomic E-state index is 12.6. The van der Waals surface area contributed by atoms with Gasteiger partial charge in [0, 0.05) is 17.5 Å². The van der Waals surface area contributed by atoms with Gasteiger partial charge in [-0.25, -0.2) is 0 Å². The number of carbonyl (C=O) groups is 1. The topological polar surface area (TPSA) is 50.8 Å². The summed E-state index contributed by atoms with van der Waals surface area (Å²) < 4.78 is 11.0. The van der Waals surface area contributed by atoms with E-state index in [1.807, 2.05) is 24.3 Å². The van der Waals surface area contributed by atoms with Crippen LogP contribution in [0.5, 0.6) is 11.5 Å². The molecule has 1 N–H and O–H groups in total. The molecule has 7 heteroatoms. The number of nitrogens with one attached hydrogen (secondary N) is 1. The molecule has 1 saturated heterocycles. The standard InChI is InChI=1S/C21H24Cl2N2O3/c1-27-20-5-3-2-4-18(20)24-21(26)15-8-10-25(11-9-15)12-13-28-19-7-6-16(22)14-17(19)23/h2-7,14-15H,8-13H2,1H3,(H,24,26). The average Bonchev–Trinajstić information content (AvgIpc) is 2.70. The van der Waals surface area contributed by atoms with Crippen molar-refractivity contribution in [3.63, 3.8) is 0 Å². The fourth-order valence-electron chi connectivity index (χ4n) is 3.28. The Morgan fingerprint density at radius 2 is 1.89 bits per heavy atom. The Labute approximate surface area is 175 Å². The molecule has 2 aromatic rings. The highest BCUT2D eigenvalue weighted by atomic mass is 35.5. The van der Waals surface area contributed by atoms with Gasteiger partial charge in [0.1, 0.15) is 18.1 Å². The van der Waals surface area contributed by atoms with Crippen molar-refractivity contribution in [3.05, 3.63) is 52.5 Å². The minimum absolute atomic E-state index is 0.00721. The molecule has 2 aromatic carbocycles. The van der Waals surface area contributed by atoms with Crippen molar-refractivity contribution < 1.29 is 14.3 Å². The van der Waals surface area contributed by atoms with E-state index in [0.717, 1.165) is 32.5 Å². The van der Waals surface area contributed by atoms with Crippen LogP contribution in [0.4, 0.5) is 5.69 Å². The fraction of sp³-hybridized carbons (Fsp3) is 0.381. The Morgan fingerprint density at radius 3 is 2.61 bits per heavy atom. The van der Waals surface area contributed by atoms with E-state index in [4.69, 9.17) is 32.7 Å². The number of ether oxygens (including phenoxy) is 2. The lowest BCUT2D eigenvalue weighted by Gasteiger charge is -2.31. The van der Waals surface area contributed by atoms with Crippen LogP contribution in [0.1, 0.15) is 12.8 Å². The molecular formula is C21H24Cl2N2O3. The Balaban J connectivity index is 1.42. The first-order valence-corrected chi connectivity index (χ1v) is 10.1. The average molecular weight is 423 g/mol. The first kappa shape index (κ1) is 20.8. The second-order valence-corrected chi connectivity index (χ2v) is 7.57. The monoisotopic (exact) mass is 422 g/mol. The third-order valence-corrected chi connectivity index (χ3v) is 5.41. The number of anilines is 1. The predicted molar refractivity (Wildman–Crippen MR) is 113 cm³/mol. The van der Waals surface area contributed by atoms with Crippen molar-refractivity contribution in [1.29, 1.82) is 0 Å². The lowest BCUT2D eigenvalue weighted by Crippen LogP contribution is -2.40. The zero-order valence-electron chi connectivity index (χ0n) is 15.8. The number of halogens is 2. The molecule has 1 aliphatic rings. The highest BCUT2D eigenvalue weighted by Gasteiger charge is 2.25. The Morgan fingerprint density at radius 1 is 1.14 bits per heavy atom. The van der Waals surface area contributed by atoms with Crippen LogP contribution in [0.2, 0.25) is 10.0 Å². The second-order valence-electron chi connectivity index (χ2n) is 6.73. The van der Waals surface area contributed by atoms with Gasteiger partial charge in [-0.3, -0.25) is 9.69 Å². The summed E-state index contributed by atoms with van der Waals surface area (Å²) in [5, 5.41) is 4.09. The molecule has 1 heterocycles. The number of carbonyl (C=O) groups excluding carboxylic acids is 1. The number of likely N-dealkylation sites (tertiary alicyclic amines) is 1. The number of amides is 1. The van der Waals surface area contributed by atoms with Crippen molar-refractivity contribution in [2.24, 2.45) is 5.92 Å². The normalized spacial score (nSPS) is 15.2. The number of hydrogen-bond donors (Lipinski definition) is 1. The largest absolute Gasteiger partial charge is 0.495 e. The van der Waals surface area contributed by atoms with Crippen molar-refractivity contribution in [1.82, 2.24) is 4.90 Å². The summed E-state index contributed by atoms with van der Waals surface area (Å²) in [7, 11) is 1.60. The quantitative estimate of drug-likeness (QED) is 0.700. The first-order chi connectivity index (χ1) is 13.6. The third kappa shape index (κ3) is 5.53. The molecular weight excluding hydrogens is 399 g/mol. The summed E-state index contributed by atoms with van der Waals surface area (Å²) in [6, 6.07) is 12.7. The van der Waals surface area contributed by atoms with Crippen LogP contribution in [-0.2, 0) is 4.79 Å². The number of methoxy groups -OCH3 is 1. The first-order valence-electron chi connectivity index (χ1n) is 9.31. The summed E-state index contributed by atoms with van der Waals surface area (Å²) in [5.41, 5.74) is 0.714. The van der Waals surface area contributed by atoms with Crippen LogP contribution in [0.25, 0.3) is 0 Å². The Kier molecular flexibility index (Phi) is 7.43. The van der Waals surface area contributed by atoms with E-state index >= 15 is 0 Å². The maximum Gasteiger partial charge on any atom is 0.227 e. The second kappa shape index (κ2) is 10.0. The van der Waals surface area contributed by atoms with Gasteiger partial charge in [0.05, 0.1) is 17.8 Å². The molecule has 0 saturated carbocycles. The van der Waals surface area contributed by atoms with Crippen molar-refractivity contribution >= 4 is 34.8 Å². The van der Waals surface area contributed by atoms with Crippen LogP contribution >= 0.6 is 23.2 Å². The van der Waals surface area contributed by atoms with E-state index in [0.29, 0.717) is 33.8 Å². The zero-order chi connectivity index (χ0) is 19.9. The number of nitrogens with zero attached hydrogens (tertiary/aromatic N) is 1. The fourth-order valence-corrected chi connectivity index (χ4v) is 3.74. The summed E-state index contributed by atoms with van der Waals surface area (Å²) >= 11 is 12.0. The number of para-hydroxylation sites is 2. The van der Waals surface area contributed by atoms with Gasteiger partial charge in [0.15, 0.2) is 0 Å². The van der Waals surface area contributed by atoms with Gasteiger partial charge in [-0.1, -0.05) is 35.3 Å². The van der Waals surface area contributed by atoms with Gasteiger partial charge in [-0.05, 0) is 56.3 Å². The lowest BCUT2D eigenvalue weighted by molar-refractivity contribution is -0.121. The third-order valence-electron chi connectivity index (χ3n) is 4.88. The summed E-state index contributed by atoms with van der Waals surface area (Å²) in [6.07, 6.45) is 1.64. The molecule has 3 rings (SSSR count). The molecule has 0 atom stereocenters. The number of hydrogen-bond acceptors (Lipinski definition) is 4. The molecule has 0 spiro atoms. The molecule has 0 aromatic heterocycles. The van der Waals surface area contributed by atoms with E-state index in [1.165, 1.54) is 0 Å². The molecule has 5 nitrogen and oxygen atoms in total. The number of rotatable bonds is 7. The van der Waals surface area contributed by atoms with E-state index in [9.17, 15) is 4.79 Å². The predicted octanol–water partition coefficient (Wildman–Crippen LogP) is 4.73. The van der Waals surface area contributed by atoms with Crippen LogP contribution in [0.3, 0.4) is 0 Å². The molecule has 0 aliphatic carbocycles. The molecule has 0 unspecified atom stereocenters. The van der Waals surface area contributed by atoms with E-state index in [-0.39, 0.29) is 11.8 Å². The highest BCUT2D eigenvalue weighted by Crippen LogP contribution is 2.28. The molecule has 0 radical (unpaired) electrons.